The number of unbranched alkanes of at least 4 members (excludes halogenated alkanes) is 15. The van der Waals surface area contributed by atoms with Crippen molar-refractivity contribution in [3.05, 3.63) is 24.0 Å². The van der Waals surface area contributed by atoms with Crippen LogP contribution in [0.5, 0.6) is 0 Å². The number of hydrogen-bond donors (Lipinski definition) is 6. The molecule has 0 bridgehead atoms. The highest BCUT2D eigenvalue weighted by atomic mass is 16.6. The van der Waals surface area contributed by atoms with Gasteiger partial charge in [-0.3, -0.25) is 4.79 Å². The Morgan fingerprint density at radius 2 is 1.32 bits per heavy atom. The minimum Gasteiger partial charge on any atom is -0.508 e. The first-order valence-corrected chi connectivity index (χ1v) is 15.6. The average Bonchev–Trinajstić information content (AvgIpc) is 2.94. The lowest BCUT2D eigenvalue weighted by Gasteiger charge is -2.47. The third kappa shape index (κ3) is 10.7. The molecule has 0 aromatic carbocycles. The smallest absolute Gasteiger partial charge is 0.316 e. The van der Waals surface area contributed by atoms with Crippen LogP contribution in [-0.4, -0.2) is 85.9 Å². The van der Waals surface area contributed by atoms with E-state index in [0.717, 1.165) is 37.5 Å². The number of hydrogen-bond acceptors (Lipinski definition) is 9. The Hall–Kier alpha value is -1.49. The van der Waals surface area contributed by atoms with Gasteiger partial charge in [0.15, 0.2) is 0 Å². The molecule has 0 aromatic heterocycles. The Balaban J connectivity index is 1.63. The van der Waals surface area contributed by atoms with E-state index in [1.54, 1.807) is 0 Å². The summed E-state index contributed by atoms with van der Waals surface area (Å²) >= 11 is 0. The molecule has 0 amide bonds. The van der Waals surface area contributed by atoms with Gasteiger partial charge in [-0.25, -0.2) is 0 Å². The van der Waals surface area contributed by atoms with Gasteiger partial charge in [0.2, 0.25) is 0 Å². The van der Waals surface area contributed by atoms with Crippen molar-refractivity contribution in [3.8, 4) is 0 Å². The van der Waals surface area contributed by atoms with Crippen LogP contribution in [0.3, 0.4) is 0 Å². The van der Waals surface area contributed by atoms with Crippen molar-refractivity contribution >= 4 is 5.97 Å². The Morgan fingerprint density at radius 1 is 0.825 bits per heavy atom. The maximum atomic E-state index is 12.9. The molecule has 9 nitrogen and oxygen atoms in total. The standard InChI is InChI=1S/C31H54O9/c1-2-3-4-5-6-7-8-9-10-11-12-13-14-15-16-17-20-39-30(37)24-21-23(33)18-19-31(24,38)29-28(36)27(35)26(34)25(22-32)40-29/h18-19,21,24-29,32-36,38H,2-17,20,22H2,1H3/t24?,25-,26-,27+,28-,29-,31?/m1/s1. The zero-order valence-electron chi connectivity index (χ0n) is 24.3. The van der Waals surface area contributed by atoms with E-state index < -0.39 is 54.6 Å². The second-order valence-corrected chi connectivity index (χ2v) is 11.5. The normalized spacial score (nSPS) is 30.3. The summed E-state index contributed by atoms with van der Waals surface area (Å²) in [5, 5.41) is 61.5. The molecule has 40 heavy (non-hydrogen) atoms. The third-order valence-corrected chi connectivity index (χ3v) is 8.20. The van der Waals surface area contributed by atoms with Gasteiger partial charge in [-0.2, -0.15) is 0 Å². The van der Waals surface area contributed by atoms with E-state index in [4.69, 9.17) is 9.47 Å². The maximum absolute atomic E-state index is 12.9. The summed E-state index contributed by atoms with van der Waals surface area (Å²) in [6, 6.07) is 0. The zero-order valence-corrected chi connectivity index (χ0v) is 24.3. The Morgan fingerprint density at radius 3 is 1.82 bits per heavy atom. The fourth-order valence-corrected chi connectivity index (χ4v) is 5.61. The van der Waals surface area contributed by atoms with Gasteiger partial charge in [-0.15, -0.1) is 0 Å². The van der Waals surface area contributed by atoms with Crippen LogP contribution in [-0.2, 0) is 14.3 Å². The molecule has 0 radical (unpaired) electrons. The van der Waals surface area contributed by atoms with Crippen molar-refractivity contribution in [2.45, 2.75) is 146 Å². The molecule has 0 saturated carbocycles. The van der Waals surface area contributed by atoms with Crippen molar-refractivity contribution in [2.75, 3.05) is 13.2 Å². The highest BCUT2D eigenvalue weighted by molar-refractivity contribution is 5.77. The highest BCUT2D eigenvalue weighted by Crippen LogP contribution is 2.38. The Kier molecular flexibility index (Phi) is 16.4. The van der Waals surface area contributed by atoms with Crippen LogP contribution < -0.4 is 0 Å². The van der Waals surface area contributed by atoms with Gasteiger partial charge in [0.05, 0.1) is 13.2 Å². The lowest BCUT2D eigenvalue weighted by molar-refractivity contribution is -0.267. The van der Waals surface area contributed by atoms with Gasteiger partial charge in [0.25, 0.3) is 0 Å². The summed E-state index contributed by atoms with van der Waals surface area (Å²) in [6.45, 7) is 1.73. The summed E-state index contributed by atoms with van der Waals surface area (Å²) in [6.07, 6.45) is 15.2. The average molecular weight is 571 g/mol. The summed E-state index contributed by atoms with van der Waals surface area (Å²) in [5.74, 6) is -2.49. The second-order valence-electron chi connectivity index (χ2n) is 11.5. The van der Waals surface area contributed by atoms with Gasteiger partial charge < -0.3 is 40.1 Å². The lowest BCUT2D eigenvalue weighted by atomic mass is 9.74. The van der Waals surface area contributed by atoms with E-state index in [2.05, 4.69) is 6.92 Å². The van der Waals surface area contributed by atoms with E-state index in [0.29, 0.717) is 6.42 Å². The third-order valence-electron chi connectivity index (χ3n) is 8.20. The number of carbonyl (C=O) groups excluding carboxylic acids is 1. The van der Waals surface area contributed by atoms with Crippen molar-refractivity contribution < 1.29 is 44.9 Å². The van der Waals surface area contributed by atoms with E-state index in [1.165, 1.54) is 77.0 Å². The number of aliphatic hydroxyl groups excluding tert-OH is 5. The maximum Gasteiger partial charge on any atom is 0.316 e. The Labute approximate surface area is 239 Å². The molecule has 2 unspecified atom stereocenters. The molecular formula is C31H54O9. The molecule has 1 saturated heterocycles. The molecule has 9 heteroatoms. The first kappa shape index (κ1) is 34.7. The van der Waals surface area contributed by atoms with Crippen LogP contribution in [0, 0.1) is 5.92 Å². The summed E-state index contributed by atoms with van der Waals surface area (Å²) in [7, 11) is 0. The summed E-state index contributed by atoms with van der Waals surface area (Å²) in [4.78, 5) is 12.9. The number of esters is 1. The minimum absolute atomic E-state index is 0.150. The van der Waals surface area contributed by atoms with Crippen molar-refractivity contribution in [1.82, 2.24) is 0 Å². The minimum atomic E-state index is -2.17. The molecule has 0 aromatic rings. The number of aliphatic hydroxyl groups is 6. The van der Waals surface area contributed by atoms with Crippen molar-refractivity contribution in [3.63, 3.8) is 0 Å². The largest absolute Gasteiger partial charge is 0.508 e. The van der Waals surface area contributed by atoms with Gasteiger partial charge >= 0.3 is 5.97 Å². The molecule has 0 spiro atoms. The zero-order chi connectivity index (χ0) is 29.4. The van der Waals surface area contributed by atoms with Crippen molar-refractivity contribution in [1.29, 1.82) is 0 Å². The number of ether oxygens (including phenoxy) is 2. The highest BCUT2D eigenvalue weighted by Gasteiger charge is 2.56. The van der Waals surface area contributed by atoms with Crippen LogP contribution in [0.1, 0.15) is 110 Å². The number of rotatable bonds is 20. The monoisotopic (exact) mass is 570 g/mol. The molecule has 232 valence electrons. The van der Waals surface area contributed by atoms with Gasteiger partial charge in [-0.1, -0.05) is 103 Å². The molecule has 1 aliphatic heterocycles. The SMILES string of the molecule is CCCCCCCCCCCCCCCCCCOC(=O)C1C=C(O)C=CC1(O)[C@@H]1O[C@H](CO)[C@@H](O)[C@H](O)[C@H]1O. The number of carbonyl (C=O) groups is 1. The Bertz CT molecular complexity index is 768. The summed E-state index contributed by atoms with van der Waals surface area (Å²) < 4.78 is 10.9. The van der Waals surface area contributed by atoms with E-state index in [-0.39, 0.29) is 12.4 Å². The molecule has 1 fully saturated rings. The first-order valence-electron chi connectivity index (χ1n) is 15.6. The molecule has 6 N–H and O–H groups in total. The topological polar surface area (TPSA) is 157 Å². The van der Waals surface area contributed by atoms with Crippen LogP contribution in [0.4, 0.5) is 0 Å². The van der Waals surface area contributed by atoms with Crippen molar-refractivity contribution in [2.24, 2.45) is 5.92 Å². The molecular weight excluding hydrogens is 516 g/mol. The summed E-state index contributed by atoms with van der Waals surface area (Å²) in [5.41, 5.74) is -2.17. The van der Waals surface area contributed by atoms with Crippen LogP contribution in [0.2, 0.25) is 0 Å². The molecule has 1 heterocycles. The molecule has 2 rings (SSSR count). The predicted octanol–water partition coefficient (Wildman–Crippen LogP) is 3.99. The fraction of sp³-hybridized carbons (Fsp3) is 0.839. The number of allylic oxidation sites excluding steroid dienone is 1. The van der Waals surface area contributed by atoms with E-state index >= 15 is 0 Å². The predicted molar refractivity (Wildman–Crippen MR) is 153 cm³/mol. The van der Waals surface area contributed by atoms with E-state index in [9.17, 15) is 35.4 Å². The lowest BCUT2D eigenvalue weighted by Crippen LogP contribution is -2.67. The van der Waals surface area contributed by atoms with Gasteiger partial charge in [-0.05, 0) is 24.6 Å². The van der Waals surface area contributed by atoms with Crippen LogP contribution >= 0.6 is 0 Å². The van der Waals surface area contributed by atoms with Crippen LogP contribution in [0.15, 0.2) is 24.0 Å². The first-order chi connectivity index (χ1) is 19.3. The molecule has 7 atom stereocenters. The fourth-order valence-electron chi connectivity index (χ4n) is 5.61. The van der Waals surface area contributed by atoms with Crippen LogP contribution in [0.25, 0.3) is 0 Å². The molecule has 1 aliphatic carbocycles. The van der Waals surface area contributed by atoms with Gasteiger partial charge in [0, 0.05) is 0 Å². The quantitative estimate of drug-likeness (QED) is 0.0940. The molecule has 2 aliphatic rings. The van der Waals surface area contributed by atoms with E-state index in [1.807, 2.05) is 0 Å². The van der Waals surface area contributed by atoms with Gasteiger partial charge in [0.1, 0.15) is 47.8 Å². The second kappa shape index (κ2) is 18.8.